The average Bonchev–Trinajstić information content (AvgIpc) is 3.33. The van der Waals surface area contributed by atoms with Crippen molar-refractivity contribution in [3.05, 3.63) is 71.2 Å². The number of carbonyl (C=O) groups is 1. The second-order valence-corrected chi connectivity index (χ2v) is 10.2. The van der Waals surface area contributed by atoms with Gasteiger partial charge in [-0.2, -0.15) is 0 Å². The first-order valence-corrected chi connectivity index (χ1v) is 14.2. The number of amides is 1. The van der Waals surface area contributed by atoms with Gasteiger partial charge in [0.2, 0.25) is 5.91 Å². The van der Waals surface area contributed by atoms with E-state index in [9.17, 15) is 4.79 Å². The van der Waals surface area contributed by atoms with E-state index in [0.29, 0.717) is 26.2 Å². The van der Waals surface area contributed by atoms with Gasteiger partial charge in [-0.1, -0.05) is 24.3 Å². The van der Waals surface area contributed by atoms with Gasteiger partial charge in [0.15, 0.2) is 0 Å². The maximum atomic E-state index is 10.9. The molecule has 0 saturated heterocycles. The highest BCUT2D eigenvalue weighted by Crippen LogP contribution is 2.35. The van der Waals surface area contributed by atoms with Crippen molar-refractivity contribution in [2.45, 2.75) is 26.8 Å². The quantitative estimate of drug-likeness (QED) is 0.139. The van der Waals surface area contributed by atoms with Crippen LogP contribution in [-0.4, -0.2) is 55.4 Å². The molecule has 0 saturated carbocycles. The van der Waals surface area contributed by atoms with Gasteiger partial charge in [0, 0.05) is 50.4 Å². The summed E-state index contributed by atoms with van der Waals surface area (Å²) in [5.41, 5.74) is 7.50. The van der Waals surface area contributed by atoms with Crippen LogP contribution in [-0.2, 0) is 11.3 Å². The minimum atomic E-state index is -0.00768. The lowest BCUT2D eigenvalue weighted by atomic mass is 9.99. The number of nitrogens with zero attached hydrogens (tertiary/aromatic N) is 1. The molecule has 0 aliphatic heterocycles. The molecule has 8 nitrogen and oxygen atoms in total. The Bertz CT molecular complexity index is 1370. The molecule has 0 aliphatic rings. The molecule has 5 N–H and O–H groups in total. The lowest BCUT2D eigenvalue weighted by Crippen LogP contribution is -2.31. The Hall–Kier alpha value is -3.50. The van der Waals surface area contributed by atoms with Crippen LogP contribution in [0.25, 0.3) is 21.3 Å². The van der Waals surface area contributed by atoms with Gasteiger partial charge in [0.25, 0.3) is 0 Å². The summed E-state index contributed by atoms with van der Waals surface area (Å²) in [5.74, 6) is 0.840. The molecule has 2 aromatic heterocycles. The number of ether oxygens (including phenoxy) is 1. The van der Waals surface area contributed by atoms with E-state index in [-0.39, 0.29) is 12.5 Å². The Kier molecular flexibility index (Phi) is 10.7. The standard InChI is InChI=1S/C30H37N5O3S/c1-21-26(24-6-3-7-25(17-24)38-15-5-10-31-11-12-33-22(2)37)8-4-9-27(21)35-28-20-39-29-16-23(18-32-13-14-36)19-34-30(28)29/h3-4,6-9,16-17,19-20,31-32,35-36H,5,10-15,18H2,1-2H3,(H,33,37). The summed E-state index contributed by atoms with van der Waals surface area (Å²) in [4.78, 5) is 15.6. The fourth-order valence-corrected chi connectivity index (χ4v) is 5.18. The number of benzene rings is 2. The zero-order valence-corrected chi connectivity index (χ0v) is 23.4. The molecule has 4 rings (SSSR count). The second-order valence-electron chi connectivity index (χ2n) is 9.31. The van der Waals surface area contributed by atoms with Gasteiger partial charge in [-0.25, -0.2) is 0 Å². The first-order valence-electron chi connectivity index (χ1n) is 13.3. The minimum Gasteiger partial charge on any atom is -0.494 e. The second kappa shape index (κ2) is 14.6. The van der Waals surface area contributed by atoms with Gasteiger partial charge in [-0.05, 0) is 66.4 Å². The molecule has 0 spiro atoms. The highest BCUT2D eigenvalue weighted by atomic mass is 32.1. The fourth-order valence-electron chi connectivity index (χ4n) is 4.27. The van der Waals surface area contributed by atoms with Crippen LogP contribution in [0.4, 0.5) is 11.4 Å². The molecule has 4 aromatic rings. The van der Waals surface area contributed by atoms with Crippen molar-refractivity contribution >= 4 is 38.8 Å². The Morgan fingerprint density at radius 3 is 2.74 bits per heavy atom. The monoisotopic (exact) mass is 547 g/mol. The molecule has 2 heterocycles. The number of carbonyl (C=O) groups excluding carboxylic acids is 1. The Labute approximate surface area is 233 Å². The van der Waals surface area contributed by atoms with E-state index in [2.05, 4.69) is 70.0 Å². The predicted octanol–water partition coefficient (Wildman–Crippen LogP) is 4.59. The van der Waals surface area contributed by atoms with Crippen molar-refractivity contribution in [2.75, 3.05) is 44.7 Å². The molecule has 39 heavy (non-hydrogen) atoms. The smallest absolute Gasteiger partial charge is 0.216 e. The van der Waals surface area contributed by atoms with Gasteiger partial charge in [-0.3, -0.25) is 9.78 Å². The zero-order valence-electron chi connectivity index (χ0n) is 22.5. The Morgan fingerprint density at radius 2 is 1.90 bits per heavy atom. The van der Waals surface area contributed by atoms with Crippen LogP contribution >= 0.6 is 11.3 Å². The first kappa shape index (κ1) is 28.5. The molecule has 1 amide bonds. The largest absolute Gasteiger partial charge is 0.494 e. The summed E-state index contributed by atoms with van der Waals surface area (Å²) in [7, 11) is 0. The zero-order chi connectivity index (χ0) is 27.5. The van der Waals surface area contributed by atoms with Gasteiger partial charge in [-0.15, -0.1) is 11.3 Å². The minimum absolute atomic E-state index is 0.00768. The van der Waals surface area contributed by atoms with Crippen molar-refractivity contribution in [1.82, 2.24) is 20.9 Å². The lowest BCUT2D eigenvalue weighted by Gasteiger charge is -2.14. The number of anilines is 2. The normalized spacial score (nSPS) is 11.1. The molecule has 0 fully saturated rings. The SMILES string of the molecule is CC(=O)NCCNCCCOc1cccc(-c2cccc(Nc3csc4cc(CNCCO)cnc34)c2C)c1. The average molecular weight is 548 g/mol. The molecule has 0 unspecified atom stereocenters. The number of aliphatic hydroxyl groups is 1. The molecule has 0 bridgehead atoms. The van der Waals surface area contributed by atoms with Gasteiger partial charge in [0.05, 0.1) is 23.6 Å². The van der Waals surface area contributed by atoms with Crippen molar-refractivity contribution in [3.63, 3.8) is 0 Å². The van der Waals surface area contributed by atoms with Crippen molar-refractivity contribution in [1.29, 1.82) is 0 Å². The van der Waals surface area contributed by atoms with Crippen molar-refractivity contribution in [2.24, 2.45) is 0 Å². The summed E-state index contributed by atoms with van der Waals surface area (Å²) in [6, 6.07) is 16.7. The fraction of sp³-hybridized carbons (Fsp3) is 0.333. The Balaban J connectivity index is 1.37. The molecule has 9 heteroatoms. The van der Waals surface area contributed by atoms with Crippen LogP contribution in [0.5, 0.6) is 5.75 Å². The number of aliphatic hydroxyl groups excluding tert-OH is 1. The Morgan fingerprint density at radius 1 is 1.03 bits per heavy atom. The molecule has 206 valence electrons. The molecule has 0 radical (unpaired) electrons. The van der Waals surface area contributed by atoms with Gasteiger partial charge < -0.3 is 31.1 Å². The summed E-state index contributed by atoms with van der Waals surface area (Å²) < 4.78 is 7.14. The van der Waals surface area contributed by atoms with E-state index in [1.807, 2.05) is 18.3 Å². The van der Waals surface area contributed by atoms with E-state index in [1.54, 1.807) is 11.3 Å². The van der Waals surface area contributed by atoms with E-state index in [0.717, 1.165) is 69.1 Å². The van der Waals surface area contributed by atoms with Crippen molar-refractivity contribution < 1.29 is 14.6 Å². The third-order valence-electron chi connectivity index (χ3n) is 6.28. The summed E-state index contributed by atoms with van der Waals surface area (Å²) in [5, 5.41) is 24.0. The van der Waals surface area contributed by atoms with Crippen LogP contribution in [0.3, 0.4) is 0 Å². The molecule has 0 aliphatic carbocycles. The number of aromatic nitrogens is 1. The van der Waals surface area contributed by atoms with E-state index in [4.69, 9.17) is 14.8 Å². The van der Waals surface area contributed by atoms with Gasteiger partial charge >= 0.3 is 0 Å². The lowest BCUT2D eigenvalue weighted by molar-refractivity contribution is -0.118. The summed E-state index contributed by atoms with van der Waals surface area (Å²) in [6.45, 7) is 7.87. The maximum absolute atomic E-state index is 10.9. The van der Waals surface area contributed by atoms with Crippen LogP contribution < -0.4 is 26.0 Å². The van der Waals surface area contributed by atoms with E-state index in [1.165, 1.54) is 6.92 Å². The third kappa shape index (κ3) is 8.24. The van der Waals surface area contributed by atoms with E-state index >= 15 is 0 Å². The highest BCUT2D eigenvalue weighted by Gasteiger charge is 2.11. The van der Waals surface area contributed by atoms with Crippen molar-refractivity contribution in [3.8, 4) is 16.9 Å². The molecular formula is C30H37N5O3S. The van der Waals surface area contributed by atoms with Gasteiger partial charge in [0.1, 0.15) is 11.3 Å². The predicted molar refractivity (Wildman–Crippen MR) is 160 cm³/mol. The molecule has 2 aromatic carbocycles. The summed E-state index contributed by atoms with van der Waals surface area (Å²) >= 11 is 1.67. The number of pyridine rings is 1. The molecule has 0 atom stereocenters. The number of thiophene rings is 1. The number of rotatable bonds is 15. The summed E-state index contributed by atoms with van der Waals surface area (Å²) in [6.07, 6.45) is 2.77. The topological polar surface area (TPSA) is 108 Å². The molecular weight excluding hydrogens is 510 g/mol. The maximum Gasteiger partial charge on any atom is 0.216 e. The third-order valence-corrected chi connectivity index (χ3v) is 7.20. The van der Waals surface area contributed by atoms with Crippen LogP contribution in [0.15, 0.2) is 60.1 Å². The number of nitrogens with one attached hydrogen (secondary N) is 4. The highest BCUT2D eigenvalue weighted by molar-refractivity contribution is 7.17. The van der Waals surface area contributed by atoms with Crippen LogP contribution in [0.2, 0.25) is 0 Å². The number of fused-ring (bicyclic) bond motifs is 1. The van der Waals surface area contributed by atoms with Crippen LogP contribution in [0.1, 0.15) is 24.5 Å². The van der Waals surface area contributed by atoms with Crippen LogP contribution in [0, 0.1) is 6.92 Å². The number of hydrogen-bond donors (Lipinski definition) is 5. The first-order chi connectivity index (χ1) is 19.0. The van der Waals surface area contributed by atoms with E-state index < -0.39 is 0 Å². The number of hydrogen-bond acceptors (Lipinski definition) is 8.